The summed E-state index contributed by atoms with van der Waals surface area (Å²) in [7, 11) is 0. The Balaban J connectivity index is 1.76. The van der Waals surface area contributed by atoms with E-state index < -0.39 is 0 Å². The average molecular weight is 311 g/mol. The highest BCUT2D eigenvalue weighted by Gasteiger charge is 2.52. The third-order valence-electron chi connectivity index (χ3n) is 4.01. The Kier molecular flexibility index (Phi) is 3.29. The van der Waals surface area contributed by atoms with E-state index in [1.165, 1.54) is 11.3 Å². The van der Waals surface area contributed by atoms with Crippen LogP contribution in [0.25, 0.3) is 0 Å². The number of hydrogen-bond acceptors (Lipinski definition) is 5. The Morgan fingerprint density at radius 2 is 2.25 bits per heavy atom. The molecule has 2 amide bonds. The lowest BCUT2D eigenvalue weighted by Gasteiger charge is -2.29. The average Bonchev–Trinajstić information content (AvgIpc) is 2.96. The molecule has 1 N–H and O–H groups in total. The highest BCUT2D eigenvalue weighted by Crippen LogP contribution is 2.47. The predicted octanol–water partition coefficient (Wildman–Crippen LogP) is 2.15. The van der Waals surface area contributed by atoms with Crippen molar-refractivity contribution in [2.45, 2.75) is 44.5 Å². The molecule has 3 heterocycles. The van der Waals surface area contributed by atoms with Crippen LogP contribution >= 0.6 is 23.1 Å². The molecule has 0 aromatic carbocycles. The molecule has 3 rings (SSSR count). The number of aromatic nitrogens is 1. The van der Waals surface area contributed by atoms with Crippen molar-refractivity contribution in [1.82, 2.24) is 9.88 Å². The molecule has 2 aliphatic heterocycles. The first-order chi connectivity index (χ1) is 9.40. The van der Waals surface area contributed by atoms with Crippen molar-refractivity contribution >= 4 is 40.0 Å². The van der Waals surface area contributed by atoms with Crippen LogP contribution in [0.2, 0.25) is 0 Å². The third-order valence-corrected chi connectivity index (χ3v) is 6.50. The Morgan fingerprint density at radius 3 is 2.90 bits per heavy atom. The van der Waals surface area contributed by atoms with Gasteiger partial charge in [-0.05, 0) is 27.2 Å². The maximum Gasteiger partial charge on any atom is 0.249 e. The fraction of sp³-hybridized carbons (Fsp3) is 0.615. The van der Waals surface area contributed by atoms with E-state index in [4.69, 9.17) is 0 Å². The number of amides is 2. The summed E-state index contributed by atoms with van der Waals surface area (Å²) >= 11 is 3.17. The molecule has 2 aliphatic rings. The van der Waals surface area contributed by atoms with Crippen molar-refractivity contribution in [3.05, 3.63) is 10.6 Å². The third kappa shape index (κ3) is 2.13. The van der Waals surface area contributed by atoms with Crippen molar-refractivity contribution in [1.29, 1.82) is 0 Å². The SMILES string of the molecule is Cc1nc(NC(=O)[C@@H]2CS[C@@]3(C)CCC(=O)N23)sc1C. The quantitative estimate of drug-likeness (QED) is 0.909. The molecule has 0 aliphatic carbocycles. The van der Waals surface area contributed by atoms with Crippen molar-refractivity contribution in [3.63, 3.8) is 0 Å². The van der Waals surface area contributed by atoms with Crippen LogP contribution < -0.4 is 5.32 Å². The summed E-state index contributed by atoms with van der Waals surface area (Å²) in [6, 6.07) is -0.371. The maximum absolute atomic E-state index is 12.4. The summed E-state index contributed by atoms with van der Waals surface area (Å²) in [5, 5.41) is 3.48. The van der Waals surface area contributed by atoms with Crippen molar-refractivity contribution in [2.75, 3.05) is 11.1 Å². The zero-order valence-electron chi connectivity index (χ0n) is 11.7. The Morgan fingerprint density at radius 1 is 1.50 bits per heavy atom. The van der Waals surface area contributed by atoms with Crippen LogP contribution in [-0.4, -0.2) is 38.4 Å². The molecular formula is C13H17N3O2S2. The summed E-state index contributed by atoms with van der Waals surface area (Å²) in [5.74, 6) is 0.631. The fourth-order valence-electron chi connectivity index (χ4n) is 2.73. The van der Waals surface area contributed by atoms with Crippen LogP contribution in [0.15, 0.2) is 0 Å². The number of rotatable bonds is 2. The first-order valence-corrected chi connectivity index (χ1v) is 8.42. The van der Waals surface area contributed by atoms with E-state index in [0.717, 1.165) is 17.0 Å². The van der Waals surface area contributed by atoms with E-state index in [1.54, 1.807) is 16.7 Å². The van der Waals surface area contributed by atoms with Crippen LogP contribution in [0.5, 0.6) is 0 Å². The summed E-state index contributed by atoms with van der Waals surface area (Å²) < 4.78 is 0. The van der Waals surface area contributed by atoms with Crippen LogP contribution in [0.4, 0.5) is 5.13 Å². The normalized spacial score (nSPS) is 28.9. The monoisotopic (exact) mass is 311 g/mol. The number of nitrogens with zero attached hydrogens (tertiary/aromatic N) is 2. The molecule has 7 heteroatoms. The van der Waals surface area contributed by atoms with Crippen LogP contribution in [0.3, 0.4) is 0 Å². The number of carbonyl (C=O) groups excluding carboxylic acids is 2. The zero-order valence-corrected chi connectivity index (χ0v) is 13.4. The molecule has 0 saturated carbocycles. The molecule has 0 bridgehead atoms. The van der Waals surface area contributed by atoms with Gasteiger partial charge in [0.15, 0.2) is 5.13 Å². The van der Waals surface area contributed by atoms with E-state index >= 15 is 0 Å². The van der Waals surface area contributed by atoms with Gasteiger partial charge in [0.2, 0.25) is 11.8 Å². The molecule has 1 aromatic heterocycles. The summed E-state index contributed by atoms with van der Waals surface area (Å²) in [4.78, 5) is 31.4. The lowest BCUT2D eigenvalue weighted by Crippen LogP contribution is -2.48. The largest absolute Gasteiger partial charge is 0.315 e. The lowest BCUT2D eigenvalue weighted by molar-refractivity contribution is -0.135. The first kappa shape index (κ1) is 13.9. The number of aryl methyl sites for hydroxylation is 2. The second kappa shape index (κ2) is 4.73. The van der Waals surface area contributed by atoms with E-state index in [9.17, 15) is 9.59 Å². The fourth-order valence-corrected chi connectivity index (χ4v) is 4.98. The number of thioether (sulfide) groups is 1. The molecule has 5 nitrogen and oxygen atoms in total. The van der Waals surface area contributed by atoms with Gasteiger partial charge in [-0.15, -0.1) is 23.1 Å². The number of anilines is 1. The van der Waals surface area contributed by atoms with Gasteiger partial charge in [-0.1, -0.05) is 0 Å². The molecule has 20 heavy (non-hydrogen) atoms. The minimum atomic E-state index is -0.371. The van der Waals surface area contributed by atoms with Gasteiger partial charge < -0.3 is 10.2 Å². The van der Waals surface area contributed by atoms with Crippen molar-refractivity contribution < 1.29 is 9.59 Å². The minimum absolute atomic E-state index is 0.0872. The van der Waals surface area contributed by atoms with E-state index in [0.29, 0.717) is 17.3 Å². The van der Waals surface area contributed by atoms with Gasteiger partial charge in [-0.3, -0.25) is 9.59 Å². The lowest BCUT2D eigenvalue weighted by atomic mass is 10.2. The van der Waals surface area contributed by atoms with Gasteiger partial charge in [-0.25, -0.2) is 4.98 Å². The van der Waals surface area contributed by atoms with Gasteiger partial charge in [0.05, 0.1) is 10.6 Å². The molecule has 2 fully saturated rings. The molecule has 2 saturated heterocycles. The van der Waals surface area contributed by atoms with Gasteiger partial charge in [0, 0.05) is 17.1 Å². The topological polar surface area (TPSA) is 62.3 Å². The molecule has 2 atom stereocenters. The van der Waals surface area contributed by atoms with Crippen molar-refractivity contribution in [2.24, 2.45) is 0 Å². The molecule has 108 valence electrons. The standard InChI is InChI=1S/C13H17N3O2S2/c1-7-8(2)20-12(14-7)15-11(18)9-6-19-13(3)5-4-10(17)16(9)13/h9H,4-6H2,1-3H3,(H,14,15,18)/t9-,13-/m0/s1. The van der Waals surface area contributed by atoms with Gasteiger partial charge >= 0.3 is 0 Å². The number of carbonyl (C=O) groups is 2. The van der Waals surface area contributed by atoms with E-state index in [2.05, 4.69) is 10.3 Å². The highest BCUT2D eigenvalue weighted by atomic mass is 32.2. The number of fused-ring (bicyclic) bond motifs is 1. The molecule has 1 aromatic rings. The van der Waals surface area contributed by atoms with Gasteiger partial charge in [0.25, 0.3) is 0 Å². The highest BCUT2D eigenvalue weighted by molar-refractivity contribution is 8.01. The molecule has 0 unspecified atom stereocenters. The number of thiazole rings is 1. The number of hydrogen-bond donors (Lipinski definition) is 1. The predicted molar refractivity (Wildman–Crippen MR) is 80.9 cm³/mol. The molecule has 0 radical (unpaired) electrons. The van der Waals surface area contributed by atoms with Gasteiger partial charge in [0.1, 0.15) is 6.04 Å². The molecular weight excluding hydrogens is 294 g/mol. The Bertz CT molecular complexity index is 567. The van der Waals surface area contributed by atoms with E-state index in [1.807, 2.05) is 20.8 Å². The summed E-state index contributed by atoms with van der Waals surface area (Å²) in [5.41, 5.74) is 0.938. The smallest absolute Gasteiger partial charge is 0.249 e. The number of nitrogens with one attached hydrogen (secondary N) is 1. The summed E-state index contributed by atoms with van der Waals surface area (Å²) in [6.45, 7) is 5.96. The Labute approximate surface area is 126 Å². The van der Waals surface area contributed by atoms with Gasteiger partial charge in [-0.2, -0.15) is 0 Å². The van der Waals surface area contributed by atoms with Crippen LogP contribution in [-0.2, 0) is 9.59 Å². The van der Waals surface area contributed by atoms with Crippen LogP contribution in [0.1, 0.15) is 30.3 Å². The van der Waals surface area contributed by atoms with Crippen molar-refractivity contribution in [3.8, 4) is 0 Å². The van der Waals surface area contributed by atoms with Crippen LogP contribution in [0, 0.1) is 13.8 Å². The van der Waals surface area contributed by atoms with E-state index in [-0.39, 0.29) is 22.7 Å². The minimum Gasteiger partial charge on any atom is -0.315 e. The summed E-state index contributed by atoms with van der Waals surface area (Å²) in [6.07, 6.45) is 1.37. The first-order valence-electron chi connectivity index (χ1n) is 6.62. The second-order valence-corrected chi connectivity index (χ2v) is 8.12. The second-order valence-electron chi connectivity index (χ2n) is 5.42. The zero-order chi connectivity index (χ0) is 14.5. The maximum atomic E-state index is 12.4. The molecule has 0 spiro atoms. The Hall–Kier alpha value is -1.08.